The lowest BCUT2D eigenvalue weighted by Gasteiger charge is -2.32. The molecule has 0 unspecified atom stereocenters. The van der Waals surface area contributed by atoms with Crippen molar-refractivity contribution in [2.45, 2.75) is 63.9 Å². The van der Waals surface area contributed by atoms with Gasteiger partial charge < -0.3 is 24.4 Å². The average molecular weight is 476 g/mol. The summed E-state index contributed by atoms with van der Waals surface area (Å²) < 4.78 is 18.0. The molecule has 0 bridgehead atoms. The second-order valence-electron chi connectivity index (χ2n) is 10.2. The van der Waals surface area contributed by atoms with Crippen LogP contribution in [-0.2, 0) is 21.7 Å². The van der Waals surface area contributed by atoms with Crippen molar-refractivity contribution in [1.29, 1.82) is 0 Å². The Balaban J connectivity index is 1.12. The smallest absolute Gasteiger partial charge is 0.149 e. The molecule has 1 saturated heterocycles. The van der Waals surface area contributed by atoms with Gasteiger partial charge in [-0.2, -0.15) is 0 Å². The summed E-state index contributed by atoms with van der Waals surface area (Å²) in [4.78, 5) is 16.2. The van der Waals surface area contributed by atoms with Crippen LogP contribution in [0.1, 0.15) is 50.8 Å². The summed E-state index contributed by atoms with van der Waals surface area (Å²) in [6.07, 6.45) is 9.69. The first kappa shape index (κ1) is 22.5. The molecule has 1 N–H and O–H groups in total. The van der Waals surface area contributed by atoms with Crippen LogP contribution >= 0.6 is 0 Å². The first-order valence-corrected chi connectivity index (χ1v) is 12.7. The van der Waals surface area contributed by atoms with Gasteiger partial charge in [-0.15, -0.1) is 0 Å². The third-order valence-corrected chi connectivity index (χ3v) is 7.36. The molecule has 0 atom stereocenters. The summed E-state index contributed by atoms with van der Waals surface area (Å²) in [6, 6.07) is 6.85. The lowest BCUT2D eigenvalue weighted by Crippen LogP contribution is -2.36. The molecule has 8 heteroatoms. The summed E-state index contributed by atoms with van der Waals surface area (Å²) in [5, 5.41) is 3.69. The zero-order valence-corrected chi connectivity index (χ0v) is 20.5. The van der Waals surface area contributed by atoms with E-state index in [4.69, 9.17) is 14.2 Å². The van der Waals surface area contributed by atoms with Gasteiger partial charge in [0.25, 0.3) is 0 Å². The maximum Gasteiger partial charge on any atom is 0.149 e. The van der Waals surface area contributed by atoms with Crippen LogP contribution in [0.25, 0.3) is 11.0 Å². The molecule has 2 aliphatic heterocycles. The van der Waals surface area contributed by atoms with Crippen molar-refractivity contribution in [3.8, 4) is 5.75 Å². The van der Waals surface area contributed by atoms with E-state index in [9.17, 15) is 0 Å². The normalized spacial score (nSPS) is 23.8. The number of hydrogen-bond acceptors (Lipinski definition) is 8. The van der Waals surface area contributed by atoms with E-state index in [0.29, 0.717) is 12.6 Å². The Morgan fingerprint density at radius 1 is 1.00 bits per heavy atom. The van der Waals surface area contributed by atoms with Crippen molar-refractivity contribution >= 4 is 22.4 Å². The van der Waals surface area contributed by atoms with E-state index in [2.05, 4.69) is 57.2 Å². The quantitative estimate of drug-likeness (QED) is 0.581. The molecule has 2 aromatic heterocycles. The molecule has 6 rings (SSSR count). The highest BCUT2D eigenvalue weighted by Gasteiger charge is 2.33. The van der Waals surface area contributed by atoms with Crippen LogP contribution in [0.4, 0.5) is 11.4 Å². The Kier molecular flexibility index (Phi) is 5.94. The van der Waals surface area contributed by atoms with Crippen molar-refractivity contribution in [2.75, 3.05) is 36.5 Å². The van der Waals surface area contributed by atoms with E-state index in [1.54, 1.807) is 12.4 Å². The number of hydrogen-bond donors (Lipinski definition) is 1. The number of anilines is 2. The number of nitrogens with one attached hydrogen (secondary N) is 1. The maximum absolute atomic E-state index is 6.56. The van der Waals surface area contributed by atoms with Crippen LogP contribution in [-0.4, -0.2) is 53.4 Å². The Hall–Kier alpha value is -2.97. The number of morpholine rings is 1. The van der Waals surface area contributed by atoms with E-state index in [1.807, 2.05) is 6.20 Å². The Morgan fingerprint density at radius 3 is 2.63 bits per heavy atom. The second-order valence-corrected chi connectivity index (χ2v) is 10.2. The van der Waals surface area contributed by atoms with Crippen LogP contribution in [0, 0.1) is 0 Å². The zero-order chi connectivity index (χ0) is 23.8. The maximum atomic E-state index is 6.56. The number of rotatable bonds is 5. The highest BCUT2D eigenvalue weighted by atomic mass is 16.5. The number of pyridine rings is 1. The lowest BCUT2D eigenvalue weighted by molar-refractivity contribution is -0.0101. The van der Waals surface area contributed by atoms with Gasteiger partial charge in [0.05, 0.1) is 49.0 Å². The number of aromatic nitrogens is 3. The van der Waals surface area contributed by atoms with Crippen molar-refractivity contribution in [1.82, 2.24) is 15.0 Å². The molecule has 2 fully saturated rings. The summed E-state index contributed by atoms with van der Waals surface area (Å²) in [5.74, 6) is 0.832. The molecule has 1 aromatic carbocycles. The Bertz CT molecular complexity index is 1200. The molecule has 8 nitrogen and oxygen atoms in total. The van der Waals surface area contributed by atoms with Gasteiger partial charge in [0.1, 0.15) is 16.9 Å². The predicted molar refractivity (Wildman–Crippen MR) is 135 cm³/mol. The predicted octanol–water partition coefficient (Wildman–Crippen LogP) is 4.43. The van der Waals surface area contributed by atoms with E-state index in [1.165, 1.54) is 5.56 Å². The number of fused-ring (bicyclic) bond motifs is 2. The van der Waals surface area contributed by atoms with Crippen molar-refractivity contribution < 1.29 is 14.2 Å². The molecular formula is C27H33N5O3. The Labute approximate surface area is 206 Å². The fourth-order valence-electron chi connectivity index (χ4n) is 5.43. The molecule has 0 amide bonds. The van der Waals surface area contributed by atoms with E-state index >= 15 is 0 Å². The van der Waals surface area contributed by atoms with E-state index in [0.717, 1.165) is 85.8 Å². The summed E-state index contributed by atoms with van der Waals surface area (Å²) in [6.45, 7) is 8.03. The van der Waals surface area contributed by atoms with Crippen LogP contribution < -0.4 is 15.0 Å². The first-order valence-electron chi connectivity index (χ1n) is 12.7. The van der Waals surface area contributed by atoms with Crippen molar-refractivity contribution in [3.63, 3.8) is 0 Å². The van der Waals surface area contributed by atoms with Gasteiger partial charge >= 0.3 is 0 Å². The van der Waals surface area contributed by atoms with E-state index in [-0.39, 0.29) is 11.7 Å². The molecule has 3 aromatic rings. The number of benzene rings is 1. The minimum atomic E-state index is -0.295. The molecular weight excluding hydrogens is 442 g/mol. The molecule has 184 valence electrons. The first-order chi connectivity index (χ1) is 17.0. The van der Waals surface area contributed by atoms with Gasteiger partial charge in [0, 0.05) is 48.8 Å². The second kappa shape index (κ2) is 9.24. The van der Waals surface area contributed by atoms with Gasteiger partial charge in [0.2, 0.25) is 0 Å². The molecule has 0 radical (unpaired) electrons. The number of nitrogens with zero attached hydrogens (tertiary/aromatic N) is 4. The van der Waals surface area contributed by atoms with E-state index < -0.39 is 0 Å². The molecule has 4 heterocycles. The molecule has 1 aliphatic carbocycles. The fourth-order valence-corrected chi connectivity index (χ4v) is 5.43. The van der Waals surface area contributed by atoms with Crippen LogP contribution in [0.2, 0.25) is 0 Å². The minimum absolute atomic E-state index is 0.172. The van der Waals surface area contributed by atoms with Gasteiger partial charge in [-0.05, 0) is 51.7 Å². The fraction of sp³-hybridized carbons (Fsp3) is 0.519. The molecule has 0 spiro atoms. The molecule has 1 saturated carbocycles. The van der Waals surface area contributed by atoms with Gasteiger partial charge in [-0.3, -0.25) is 9.97 Å². The monoisotopic (exact) mass is 475 g/mol. The molecule has 3 aliphatic rings. The Morgan fingerprint density at radius 2 is 1.80 bits per heavy atom. The average Bonchev–Trinajstić information content (AvgIpc) is 3.19. The molecule has 35 heavy (non-hydrogen) atoms. The number of ether oxygens (including phenoxy) is 3. The van der Waals surface area contributed by atoms with Crippen LogP contribution in [0.5, 0.6) is 5.75 Å². The minimum Gasteiger partial charge on any atom is -0.488 e. The van der Waals surface area contributed by atoms with Crippen LogP contribution in [0.15, 0.2) is 36.8 Å². The van der Waals surface area contributed by atoms with Gasteiger partial charge in [0.15, 0.2) is 0 Å². The van der Waals surface area contributed by atoms with Crippen molar-refractivity contribution in [2.24, 2.45) is 0 Å². The standard InChI is InChI=1S/C27H33N5O3/c1-27(2)26-18(17-34-27)13-20(16-30-26)31-19-3-5-22(6-4-19)35-24-15-21(32-9-11-33-12-10-32)14-23-25(24)29-8-7-28-23/h7-8,13-16,19,22,31H,3-6,9-12,17H2,1-2H3. The van der Waals surface area contributed by atoms with Gasteiger partial charge in [-0.25, -0.2) is 4.98 Å². The van der Waals surface area contributed by atoms with Crippen LogP contribution in [0.3, 0.4) is 0 Å². The summed E-state index contributed by atoms with van der Waals surface area (Å²) in [7, 11) is 0. The van der Waals surface area contributed by atoms with Gasteiger partial charge in [-0.1, -0.05) is 0 Å². The lowest BCUT2D eigenvalue weighted by atomic mass is 9.92. The highest BCUT2D eigenvalue weighted by Crippen LogP contribution is 2.36. The third kappa shape index (κ3) is 4.65. The summed E-state index contributed by atoms with van der Waals surface area (Å²) in [5.41, 5.74) is 5.85. The summed E-state index contributed by atoms with van der Waals surface area (Å²) >= 11 is 0. The third-order valence-electron chi connectivity index (χ3n) is 7.36. The SMILES string of the molecule is CC1(C)OCc2cc(NC3CCC(Oc4cc(N5CCOCC5)cc5nccnc45)CC3)cnc21. The highest BCUT2D eigenvalue weighted by molar-refractivity contribution is 5.85. The zero-order valence-electron chi connectivity index (χ0n) is 20.5. The largest absolute Gasteiger partial charge is 0.488 e. The van der Waals surface area contributed by atoms with Crippen molar-refractivity contribution in [3.05, 3.63) is 48.0 Å². The topological polar surface area (TPSA) is 81.6 Å².